The first-order valence-corrected chi connectivity index (χ1v) is 5.22. The summed E-state index contributed by atoms with van der Waals surface area (Å²) in [6, 6.07) is 5.87. The largest absolute Gasteiger partial charge is 0.497 e. The van der Waals surface area contributed by atoms with Crippen LogP contribution in [0.1, 0.15) is 11.3 Å². The van der Waals surface area contributed by atoms with Crippen LogP contribution in [-0.4, -0.2) is 18.0 Å². The van der Waals surface area contributed by atoms with E-state index in [4.69, 9.17) is 4.74 Å². The molecule has 0 radical (unpaired) electrons. The van der Waals surface area contributed by atoms with E-state index in [1.165, 1.54) is 0 Å². The van der Waals surface area contributed by atoms with Crippen molar-refractivity contribution in [2.45, 2.75) is 13.0 Å². The molecule has 0 saturated carbocycles. The van der Waals surface area contributed by atoms with Crippen molar-refractivity contribution >= 4 is 16.8 Å². The summed E-state index contributed by atoms with van der Waals surface area (Å²) in [5.41, 5.74) is 3.25. The van der Waals surface area contributed by atoms with Crippen LogP contribution >= 0.6 is 0 Å². The Labute approximate surface area is 92.6 Å². The molecule has 16 heavy (non-hydrogen) atoms. The smallest absolute Gasteiger partial charge is 0.224 e. The van der Waals surface area contributed by atoms with Crippen LogP contribution in [0.5, 0.6) is 5.75 Å². The fraction of sp³-hybridized carbons (Fsp3) is 0.250. The van der Waals surface area contributed by atoms with Gasteiger partial charge in [0.2, 0.25) is 5.91 Å². The molecule has 0 unspecified atom stereocenters. The Hall–Kier alpha value is -1.97. The lowest BCUT2D eigenvalue weighted by Crippen LogP contribution is -2.29. The predicted molar refractivity (Wildman–Crippen MR) is 60.4 cm³/mol. The SMILES string of the molecule is COc1ccc2[nH]c3c(c2c1)CC(=O)NC3. The van der Waals surface area contributed by atoms with Gasteiger partial charge < -0.3 is 15.0 Å². The highest BCUT2D eigenvalue weighted by atomic mass is 16.5. The second kappa shape index (κ2) is 3.27. The first-order chi connectivity index (χ1) is 7.78. The predicted octanol–water partition coefficient (Wildman–Crippen LogP) is 1.35. The maximum Gasteiger partial charge on any atom is 0.224 e. The molecule has 0 fully saturated rings. The fourth-order valence-electron chi connectivity index (χ4n) is 2.17. The molecular formula is C12H12N2O2. The number of methoxy groups -OCH3 is 1. The summed E-state index contributed by atoms with van der Waals surface area (Å²) in [4.78, 5) is 14.7. The molecule has 2 heterocycles. The monoisotopic (exact) mass is 216 g/mol. The summed E-state index contributed by atoms with van der Waals surface area (Å²) >= 11 is 0. The highest BCUT2D eigenvalue weighted by Crippen LogP contribution is 2.28. The maximum absolute atomic E-state index is 11.4. The number of amides is 1. The third kappa shape index (κ3) is 1.26. The Balaban J connectivity index is 2.23. The maximum atomic E-state index is 11.4. The van der Waals surface area contributed by atoms with Crippen molar-refractivity contribution in [3.63, 3.8) is 0 Å². The molecular weight excluding hydrogens is 204 g/mol. The number of hydrogen-bond acceptors (Lipinski definition) is 2. The van der Waals surface area contributed by atoms with Crippen LogP contribution in [0, 0.1) is 0 Å². The summed E-state index contributed by atoms with van der Waals surface area (Å²) in [5.74, 6) is 0.900. The normalized spacial score (nSPS) is 14.7. The van der Waals surface area contributed by atoms with Gasteiger partial charge in [0.15, 0.2) is 0 Å². The van der Waals surface area contributed by atoms with Crippen LogP contribution in [0.25, 0.3) is 10.9 Å². The lowest BCUT2D eigenvalue weighted by molar-refractivity contribution is -0.121. The Bertz CT molecular complexity index is 572. The van der Waals surface area contributed by atoms with Crippen LogP contribution in [0.2, 0.25) is 0 Å². The summed E-state index contributed by atoms with van der Waals surface area (Å²) in [6.45, 7) is 0.588. The Morgan fingerprint density at radius 1 is 1.38 bits per heavy atom. The molecule has 0 spiro atoms. The van der Waals surface area contributed by atoms with Crippen molar-refractivity contribution in [3.8, 4) is 5.75 Å². The molecule has 0 saturated heterocycles. The third-order valence-electron chi connectivity index (χ3n) is 3.00. The number of H-pyrrole nitrogens is 1. The molecule has 0 atom stereocenters. The van der Waals surface area contributed by atoms with Gasteiger partial charge in [0.25, 0.3) is 0 Å². The van der Waals surface area contributed by atoms with E-state index in [1.54, 1.807) is 7.11 Å². The van der Waals surface area contributed by atoms with Gasteiger partial charge in [0, 0.05) is 16.6 Å². The number of aromatic amines is 1. The summed E-state index contributed by atoms with van der Waals surface area (Å²) < 4.78 is 5.20. The Kier molecular flexibility index (Phi) is 1.89. The van der Waals surface area contributed by atoms with Crippen molar-refractivity contribution in [2.75, 3.05) is 7.11 Å². The van der Waals surface area contributed by atoms with Crippen LogP contribution in [-0.2, 0) is 17.8 Å². The van der Waals surface area contributed by atoms with Gasteiger partial charge in [-0.1, -0.05) is 0 Å². The summed E-state index contributed by atoms with van der Waals surface area (Å²) in [7, 11) is 1.65. The van der Waals surface area contributed by atoms with Crippen LogP contribution in [0.3, 0.4) is 0 Å². The molecule has 4 nitrogen and oxygen atoms in total. The standard InChI is InChI=1S/C12H12N2O2/c1-16-7-2-3-10-8(4-7)9-5-12(15)13-6-11(9)14-10/h2-4,14H,5-6H2,1H3,(H,13,15). The Morgan fingerprint density at radius 2 is 2.25 bits per heavy atom. The number of ether oxygens (including phenoxy) is 1. The van der Waals surface area contributed by atoms with E-state index in [1.807, 2.05) is 18.2 Å². The van der Waals surface area contributed by atoms with Gasteiger partial charge in [-0.25, -0.2) is 0 Å². The van der Waals surface area contributed by atoms with Gasteiger partial charge in [-0.15, -0.1) is 0 Å². The summed E-state index contributed by atoms with van der Waals surface area (Å²) in [5, 5.41) is 3.91. The van der Waals surface area contributed by atoms with Gasteiger partial charge in [-0.2, -0.15) is 0 Å². The minimum Gasteiger partial charge on any atom is -0.497 e. The van der Waals surface area contributed by atoms with Crippen molar-refractivity contribution < 1.29 is 9.53 Å². The molecule has 1 aliphatic heterocycles. The molecule has 1 aliphatic rings. The van der Waals surface area contributed by atoms with Crippen LogP contribution in [0.15, 0.2) is 18.2 Å². The first-order valence-electron chi connectivity index (χ1n) is 5.22. The number of carbonyl (C=O) groups is 1. The van der Waals surface area contributed by atoms with Gasteiger partial charge in [-0.3, -0.25) is 4.79 Å². The van der Waals surface area contributed by atoms with Crippen molar-refractivity contribution in [1.82, 2.24) is 10.3 Å². The van der Waals surface area contributed by atoms with Crippen molar-refractivity contribution in [1.29, 1.82) is 0 Å². The number of rotatable bonds is 1. The second-order valence-electron chi connectivity index (χ2n) is 3.95. The Morgan fingerprint density at radius 3 is 3.06 bits per heavy atom. The zero-order chi connectivity index (χ0) is 11.1. The van der Waals surface area contributed by atoms with E-state index in [-0.39, 0.29) is 5.91 Å². The number of aromatic nitrogens is 1. The number of fused-ring (bicyclic) bond motifs is 3. The number of carbonyl (C=O) groups excluding carboxylic acids is 1. The van der Waals surface area contributed by atoms with Gasteiger partial charge in [0.05, 0.1) is 20.1 Å². The zero-order valence-corrected chi connectivity index (χ0v) is 8.96. The molecule has 82 valence electrons. The summed E-state index contributed by atoms with van der Waals surface area (Å²) in [6.07, 6.45) is 0.447. The van der Waals surface area contributed by atoms with E-state index in [0.717, 1.165) is 27.9 Å². The average molecular weight is 216 g/mol. The molecule has 2 aromatic rings. The molecule has 1 aromatic carbocycles. The third-order valence-corrected chi connectivity index (χ3v) is 3.00. The van der Waals surface area contributed by atoms with Gasteiger partial charge >= 0.3 is 0 Å². The van der Waals surface area contributed by atoms with Gasteiger partial charge in [-0.05, 0) is 23.8 Å². The van der Waals surface area contributed by atoms with E-state index in [9.17, 15) is 4.79 Å². The minimum atomic E-state index is 0.0798. The fourth-order valence-corrected chi connectivity index (χ4v) is 2.17. The first kappa shape index (κ1) is 9.27. The quantitative estimate of drug-likeness (QED) is 0.756. The molecule has 1 amide bonds. The second-order valence-corrected chi connectivity index (χ2v) is 3.95. The highest BCUT2D eigenvalue weighted by Gasteiger charge is 2.19. The van der Waals surface area contributed by atoms with Gasteiger partial charge in [0.1, 0.15) is 5.75 Å². The minimum absolute atomic E-state index is 0.0798. The van der Waals surface area contributed by atoms with E-state index >= 15 is 0 Å². The molecule has 2 N–H and O–H groups in total. The molecule has 3 rings (SSSR count). The van der Waals surface area contributed by atoms with E-state index < -0.39 is 0 Å². The lowest BCUT2D eigenvalue weighted by atomic mass is 10.0. The average Bonchev–Trinajstić information content (AvgIpc) is 2.66. The van der Waals surface area contributed by atoms with Crippen molar-refractivity contribution in [3.05, 3.63) is 29.5 Å². The van der Waals surface area contributed by atoms with Crippen molar-refractivity contribution in [2.24, 2.45) is 0 Å². The molecule has 4 heteroatoms. The van der Waals surface area contributed by atoms with Crippen LogP contribution < -0.4 is 10.1 Å². The topological polar surface area (TPSA) is 54.1 Å². The zero-order valence-electron chi connectivity index (χ0n) is 8.96. The number of nitrogens with one attached hydrogen (secondary N) is 2. The highest BCUT2D eigenvalue weighted by molar-refractivity contribution is 5.92. The number of benzene rings is 1. The molecule has 1 aromatic heterocycles. The van der Waals surface area contributed by atoms with Crippen LogP contribution in [0.4, 0.5) is 0 Å². The molecule has 0 aliphatic carbocycles. The van der Waals surface area contributed by atoms with E-state index in [2.05, 4.69) is 10.3 Å². The molecule has 0 bridgehead atoms. The van der Waals surface area contributed by atoms with E-state index in [0.29, 0.717) is 13.0 Å². The number of hydrogen-bond donors (Lipinski definition) is 2. The lowest BCUT2D eigenvalue weighted by Gasteiger charge is -2.12.